The number of rotatable bonds is 5. The molecule has 0 spiro atoms. The predicted molar refractivity (Wildman–Crippen MR) is 125 cm³/mol. The number of hydrogen-bond acceptors (Lipinski definition) is 4. The number of nitrogens with one attached hydrogen (secondary N) is 2. The molecule has 7 rings (SSSR count). The van der Waals surface area contributed by atoms with Crippen LogP contribution in [0.4, 0.5) is 5.69 Å². The average molecular weight is 470 g/mol. The highest BCUT2D eigenvalue weighted by molar-refractivity contribution is 7.89. The average Bonchev–Trinajstić information content (AvgIpc) is 3.31. The number of anilines is 1. The van der Waals surface area contributed by atoms with Crippen LogP contribution in [0.2, 0.25) is 0 Å². The summed E-state index contributed by atoms with van der Waals surface area (Å²) >= 11 is 0. The Kier molecular flexibility index (Phi) is 5.16. The minimum atomic E-state index is -3.63. The van der Waals surface area contributed by atoms with Crippen molar-refractivity contribution in [2.24, 2.45) is 17.8 Å². The van der Waals surface area contributed by atoms with Gasteiger partial charge in [0.2, 0.25) is 10.0 Å². The summed E-state index contributed by atoms with van der Waals surface area (Å²) in [6.07, 6.45) is 9.59. The van der Waals surface area contributed by atoms with Crippen LogP contribution in [-0.2, 0) is 20.2 Å². The van der Waals surface area contributed by atoms with E-state index in [9.17, 15) is 13.2 Å². The highest BCUT2D eigenvalue weighted by Gasteiger charge is 2.51. The van der Waals surface area contributed by atoms with Gasteiger partial charge in [0.25, 0.3) is 5.91 Å². The second-order valence-corrected chi connectivity index (χ2v) is 12.4. The van der Waals surface area contributed by atoms with Crippen molar-refractivity contribution >= 4 is 21.6 Å². The number of aromatic amines is 1. The Morgan fingerprint density at radius 2 is 1.61 bits per heavy atom. The Morgan fingerprint density at radius 3 is 2.21 bits per heavy atom. The maximum atomic E-state index is 12.8. The molecule has 5 fully saturated rings. The van der Waals surface area contributed by atoms with Gasteiger partial charge in [0, 0.05) is 25.0 Å². The zero-order chi connectivity index (χ0) is 22.6. The Morgan fingerprint density at radius 1 is 1.00 bits per heavy atom. The lowest BCUT2D eigenvalue weighted by molar-refractivity contribution is -0.00518. The van der Waals surface area contributed by atoms with Crippen LogP contribution in [-0.4, -0.2) is 49.9 Å². The largest absolute Gasteiger partial charge is 0.379 e. The van der Waals surface area contributed by atoms with Crippen LogP contribution in [0.1, 0.15) is 54.6 Å². The SMILES string of the molecule is O=C(Nc1ccc(C23CC4CC(CC(C4)C2)C3)cc1)c1cc(S(=O)(=O)N2CCOCC2)c[nH]1. The Balaban J connectivity index is 1.15. The first-order valence-electron chi connectivity index (χ1n) is 12.1. The minimum Gasteiger partial charge on any atom is -0.379 e. The van der Waals surface area contributed by atoms with Crippen molar-refractivity contribution in [3.8, 4) is 0 Å². The molecule has 4 saturated carbocycles. The van der Waals surface area contributed by atoms with E-state index in [1.807, 2.05) is 12.1 Å². The van der Waals surface area contributed by atoms with Crippen LogP contribution in [0.3, 0.4) is 0 Å². The number of aromatic nitrogens is 1. The lowest BCUT2D eigenvalue weighted by Crippen LogP contribution is -2.48. The standard InChI is InChI=1S/C25H31N3O4S/c29-24(23-12-22(16-26-23)33(30,31)28-5-7-32-8-6-28)27-21-3-1-20(2-4-21)25-13-17-9-18(14-25)11-19(10-17)15-25/h1-4,12,16-19,26H,5-11,13-15H2,(H,27,29). The normalized spacial score (nSPS) is 31.6. The smallest absolute Gasteiger partial charge is 0.272 e. The van der Waals surface area contributed by atoms with E-state index in [-0.39, 0.29) is 16.5 Å². The Labute approximate surface area is 194 Å². The third-order valence-corrected chi connectivity index (χ3v) is 10.2. The van der Waals surface area contributed by atoms with Crippen LogP contribution in [0.25, 0.3) is 0 Å². The van der Waals surface area contributed by atoms with Crippen molar-refractivity contribution in [1.29, 1.82) is 0 Å². The van der Waals surface area contributed by atoms with Crippen molar-refractivity contribution in [3.63, 3.8) is 0 Å². The Hall–Kier alpha value is -2.16. The van der Waals surface area contributed by atoms with Gasteiger partial charge in [-0.2, -0.15) is 4.31 Å². The molecule has 8 heteroatoms. The molecule has 2 heterocycles. The first-order chi connectivity index (χ1) is 15.9. The molecule has 4 bridgehead atoms. The van der Waals surface area contributed by atoms with Gasteiger partial charge >= 0.3 is 0 Å². The maximum absolute atomic E-state index is 12.8. The van der Waals surface area contributed by atoms with Gasteiger partial charge in [-0.1, -0.05) is 12.1 Å². The fourth-order valence-corrected chi connectivity index (χ4v) is 8.56. The van der Waals surface area contributed by atoms with Crippen LogP contribution in [0.5, 0.6) is 0 Å². The van der Waals surface area contributed by atoms with Gasteiger partial charge in [-0.05, 0) is 85.5 Å². The van der Waals surface area contributed by atoms with E-state index in [2.05, 4.69) is 22.4 Å². The number of morpholine rings is 1. The third-order valence-electron chi connectivity index (χ3n) is 8.30. The number of hydrogen-bond donors (Lipinski definition) is 2. The number of H-pyrrole nitrogens is 1. The summed E-state index contributed by atoms with van der Waals surface area (Å²) in [5, 5.41) is 2.90. The van der Waals surface area contributed by atoms with Crippen molar-refractivity contribution in [1.82, 2.24) is 9.29 Å². The fraction of sp³-hybridized carbons (Fsp3) is 0.560. The molecule has 5 aliphatic rings. The second kappa shape index (κ2) is 7.96. The molecule has 176 valence electrons. The molecule has 4 aliphatic carbocycles. The van der Waals surface area contributed by atoms with Crippen molar-refractivity contribution < 1.29 is 17.9 Å². The lowest BCUT2D eigenvalue weighted by atomic mass is 9.48. The van der Waals surface area contributed by atoms with E-state index in [1.54, 1.807) is 0 Å². The van der Waals surface area contributed by atoms with Crippen molar-refractivity contribution in [2.75, 3.05) is 31.6 Å². The number of carbonyl (C=O) groups excluding carboxylic acids is 1. The molecule has 1 amide bonds. The molecule has 2 aromatic rings. The quantitative estimate of drug-likeness (QED) is 0.698. The van der Waals surface area contributed by atoms with Crippen LogP contribution < -0.4 is 5.32 Å². The molecule has 1 aromatic heterocycles. The Bertz CT molecular complexity index is 1110. The summed E-state index contributed by atoms with van der Waals surface area (Å²) in [5.41, 5.74) is 2.70. The van der Waals surface area contributed by atoms with Gasteiger partial charge in [-0.3, -0.25) is 4.79 Å². The van der Waals surface area contributed by atoms with Gasteiger partial charge in [0.05, 0.1) is 13.2 Å². The second-order valence-electron chi connectivity index (χ2n) is 10.5. The van der Waals surface area contributed by atoms with Crippen molar-refractivity contribution in [3.05, 3.63) is 47.8 Å². The van der Waals surface area contributed by atoms with E-state index >= 15 is 0 Å². The topological polar surface area (TPSA) is 91.5 Å². The zero-order valence-corrected chi connectivity index (χ0v) is 19.6. The number of benzene rings is 1. The summed E-state index contributed by atoms with van der Waals surface area (Å²) in [6.45, 7) is 1.42. The molecule has 2 N–H and O–H groups in total. The number of sulfonamides is 1. The van der Waals surface area contributed by atoms with Gasteiger partial charge in [0.1, 0.15) is 10.6 Å². The van der Waals surface area contributed by atoms with Gasteiger partial charge in [-0.15, -0.1) is 0 Å². The molecular formula is C25H31N3O4S. The summed E-state index contributed by atoms with van der Waals surface area (Å²) < 4.78 is 32.2. The monoisotopic (exact) mass is 469 g/mol. The van der Waals surface area contributed by atoms with E-state index in [1.165, 1.54) is 60.7 Å². The molecule has 0 atom stereocenters. The van der Waals surface area contributed by atoms with Crippen LogP contribution in [0, 0.1) is 17.8 Å². The molecule has 1 aromatic carbocycles. The fourth-order valence-electron chi connectivity index (χ4n) is 7.16. The first kappa shape index (κ1) is 21.4. The molecule has 0 radical (unpaired) electrons. The predicted octanol–water partition coefficient (Wildman–Crippen LogP) is 3.76. The molecular weight excluding hydrogens is 438 g/mol. The third kappa shape index (κ3) is 3.82. The highest BCUT2D eigenvalue weighted by atomic mass is 32.2. The van der Waals surface area contributed by atoms with E-state index in [0.29, 0.717) is 31.7 Å². The summed E-state index contributed by atoms with van der Waals surface area (Å²) in [6, 6.07) is 9.75. The molecule has 1 aliphatic heterocycles. The van der Waals surface area contributed by atoms with Gasteiger partial charge < -0.3 is 15.0 Å². The van der Waals surface area contributed by atoms with Crippen LogP contribution in [0.15, 0.2) is 41.4 Å². The van der Waals surface area contributed by atoms with Crippen LogP contribution >= 0.6 is 0 Å². The van der Waals surface area contributed by atoms with Gasteiger partial charge in [-0.25, -0.2) is 8.42 Å². The number of ether oxygens (including phenoxy) is 1. The molecule has 7 nitrogen and oxygen atoms in total. The van der Waals surface area contributed by atoms with Gasteiger partial charge in [0.15, 0.2) is 0 Å². The summed E-state index contributed by atoms with van der Waals surface area (Å²) in [7, 11) is -3.63. The maximum Gasteiger partial charge on any atom is 0.272 e. The van der Waals surface area contributed by atoms with Crippen molar-refractivity contribution in [2.45, 2.75) is 48.8 Å². The number of amides is 1. The summed E-state index contributed by atoms with van der Waals surface area (Å²) in [4.78, 5) is 15.7. The minimum absolute atomic E-state index is 0.103. The summed E-state index contributed by atoms with van der Waals surface area (Å²) in [5.74, 6) is 2.34. The number of nitrogens with zero attached hydrogens (tertiary/aromatic N) is 1. The molecule has 0 unspecified atom stereocenters. The lowest BCUT2D eigenvalue weighted by Gasteiger charge is -2.57. The zero-order valence-electron chi connectivity index (χ0n) is 18.8. The molecule has 33 heavy (non-hydrogen) atoms. The van der Waals surface area contributed by atoms with E-state index < -0.39 is 10.0 Å². The van der Waals surface area contributed by atoms with E-state index in [0.717, 1.165) is 23.4 Å². The highest BCUT2D eigenvalue weighted by Crippen LogP contribution is 2.60. The van der Waals surface area contributed by atoms with E-state index in [4.69, 9.17) is 4.74 Å². The number of carbonyl (C=O) groups is 1. The molecule has 1 saturated heterocycles. The first-order valence-corrected chi connectivity index (χ1v) is 13.5.